The fourth-order valence-electron chi connectivity index (χ4n) is 4.73. The van der Waals surface area contributed by atoms with Crippen LogP contribution < -0.4 is 0 Å². The second-order valence-electron chi connectivity index (χ2n) is 5.55. The first-order chi connectivity index (χ1) is 7.78. The van der Waals surface area contributed by atoms with Gasteiger partial charge < -0.3 is 9.47 Å². The molecule has 3 nitrogen and oxygen atoms in total. The lowest BCUT2D eigenvalue weighted by Crippen LogP contribution is -2.47. The molecule has 0 radical (unpaired) electrons. The zero-order valence-electron chi connectivity index (χ0n) is 9.39. The molecule has 3 aliphatic carbocycles. The maximum absolute atomic E-state index is 11.9. The molecule has 3 heteroatoms. The number of carbonyl (C=O) groups is 1. The Balaban J connectivity index is 1.86. The van der Waals surface area contributed by atoms with Crippen molar-refractivity contribution in [3.05, 3.63) is 12.2 Å². The van der Waals surface area contributed by atoms with Gasteiger partial charge in [0.2, 0.25) is 0 Å². The third-order valence-electron chi connectivity index (χ3n) is 5.26. The minimum atomic E-state index is -0.481. The molecule has 0 unspecified atom stereocenters. The highest BCUT2D eigenvalue weighted by atomic mass is 16.7. The smallest absolute Gasteiger partial charge is 0.177 e. The van der Waals surface area contributed by atoms with Crippen LogP contribution in [-0.4, -0.2) is 25.3 Å². The van der Waals surface area contributed by atoms with E-state index in [0.29, 0.717) is 42.5 Å². The molecule has 3 fully saturated rings. The molecule has 0 N–H and O–H groups in total. The van der Waals surface area contributed by atoms with E-state index in [-0.39, 0.29) is 5.92 Å². The number of rotatable bonds is 1. The van der Waals surface area contributed by atoms with Gasteiger partial charge in [-0.3, -0.25) is 4.79 Å². The first kappa shape index (κ1) is 9.37. The molecule has 1 heterocycles. The van der Waals surface area contributed by atoms with Gasteiger partial charge in [-0.05, 0) is 18.3 Å². The van der Waals surface area contributed by atoms with Gasteiger partial charge in [0.1, 0.15) is 5.78 Å². The van der Waals surface area contributed by atoms with Crippen molar-refractivity contribution in [1.29, 1.82) is 0 Å². The average Bonchev–Trinajstić information content (AvgIpc) is 2.87. The van der Waals surface area contributed by atoms with E-state index in [4.69, 9.17) is 9.47 Å². The molecule has 86 valence electrons. The largest absolute Gasteiger partial charge is 0.352 e. The number of fused-ring (bicyclic) bond motifs is 2. The van der Waals surface area contributed by atoms with E-state index in [9.17, 15) is 4.79 Å². The summed E-state index contributed by atoms with van der Waals surface area (Å²) in [4.78, 5) is 11.9. The van der Waals surface area contributed by atoms with Crippen LogP contribution in [0.2, 0.25) is 0 Å². The van der Waals surface area contributed by atoms with E-state index >= 15 is 0 Å². The molecule has 1 saturated heterocycles. The normalized spacial score (nSPS) is 57.1. The Bertz CT molecular complexity index is 389. The summed E-state index contributed by atoms with van der Waals surface area (Å²) in [6.45, 7) is 0.578. The van der Waals surface area contributed by atoms with E-state index < -0.39 is 5.79 Å². The number of ketones is 1. The van der Waals surface area contributed by atoms with Crippen LogP contribution in [0.4, 0.5) is 0 Å². The second kappa shape index (κ2) is 2.77. The van der Waals surface area contributed by atoms with E-state index in [1.54, 1.807) is 7.11 Å². The van der Waals surface area contributed by atoms with E-state index in [2.05, 4.69) is 12.2 Å². The van der Waals surface area contributed by atoms with Crippen LogP contribution in [0.25, 0.3) is 0 Å². The third kappa shape index (κ3) is 0.800. The summed E-state index contributed by atoms with van der Waals surface area (Å²) in [5.41, 5.74) is 0. The van der Waals surface area contributed by atoms with E-state index in [1.807, 2.05) is 0 Å². The summed E-state index contributed by atoms with van der Waals surface area (Å²) >= 11 is 0. The summed E-state index contributed by atoms with van der Waals surface area (Å²) in [5, 5.41) is 0. The quantitative estimate of drug-likeness (QED) is 0.626. The van der Waals surface area contributed by atoms with Crippen LogP contribution in [0.1, 0.15) is 12.8 Å². The maximum atomic E-state index is 11.9. The highest BCUT2D eigenvalue weighted by Gasteiger charge is 2.70. The number of ether oxygens (including phenoxy) is 2. The van der Waals surface area contributed by atoms with Crippen LogP contribution in [-0.2, 0) is 14.3 Å². The molecule has 2 saturated carbocycles. The highest BCUT2D eigenvalue weighted by molar-refractivity contribution is 5.85. The van der Waals surface area contributed by atoms with Gasteiger partial charge in [-0.1, -0.05) is 12.2 Å². The minimum absolute atomic E-state index is 0.156. The van der Waals surface area contributed by atoms with Gasteiger partial charge in [-0.15, -0.1) is 0 Å². The van der Waals surface area contributed by atoms with Crippen molar-refractivity contribution < 1.29 is 14.3 Å². The third-order valence-corrected chi connectivity index (χ3v) is 5.26. The van der Waals surface area contributed by atoms with Crippen molar-refractivity contribution in [3.63, 3.8) is 0 Å². The summed E-state index contributed by atoms with van der Waals surface area (Å²) in [6.07, 6.45) is 6.25. The SMILES string of the molecule is CO[C@@]12OC[C@H]3C(=O)C[C@H]1[C@@H]3[C@@H]1CC=C[C@@H]12. The zero-order valence-corrected chi connectivity index (χ0v) is 9.39. The van der Waals surface area contributed by atoms with Crippen molar-refractivity contribution in [2.45, 2.75) is 18.6 Å². The predicted molar refractivity (Wildman–Crippen MR) is 56.5 cm³/mol. The van der Waals surface area contributed by atoms with E-state index in [0.717, 1.165) is 6.42 Å². The standard InChI is InChI=1S/C13H16O3/c1-15-13-9-4-2-3-7(9)12-8(6-16-13)11(14)5-10(12)13/h2,4,7-10,12H,3,5-6H2,1H3/t7-,8+,9+,10+,12-,13+/m1/s1. The molecular weight excluding hydrogens is 204 g/mol. The molecule has 16 heavy (non-hydrogen) atoms. The average molecular weight is 220 g/mol. The van der Waals surface area contributed by atoms with Crippen LogP contribution in [0.5, 0.6) is 0 Å². The Morgan fingerprint density at radius 2 is 2.44 bits per heavy atom. The number of hydrogen-bond acceptors (Lipinski definition) is 3. The lowest BCUT2D eigenvalue weighted by molar-refractivity contribution is -0.274. The first-order valence-corrected chi connectivity index (χ1v) is 6.16. The number of Topliss-reactive ketones (excluding diaryl/α,β-unsaturated/α-hetero) is 1. The molecule has 4 rings (SSSR count). The fourth-order valence-corrected chi connectivity index (χ4v) is 4.73. The van der Waals surface area contributed by atoms with Crippen LogP contribution in [0, 0.1) is 29.6 Å². The van der Waals surface area contributed by atoms with Gasteiger partial charge in [-0.2, -0.15) is 0 Å². The Hall–Kier alpha value is -0.670. The fraction of sp³-hybridized carbons (Fsp3) is 0.769. The van der Waals surface area contributed by atoms with Gasteiger partial charge in [0.15, 0.2) is 5.79 Å². The summed E-state index contributed by atoms with van der Waals surface area (Å²) < 4.78 is 11.7. The van der Waals surface area contributed by atoms with Gasteiger partial charge in [0.05, 0.1) is 6.61 Å². The lowest BCUT2D eigenvalue weighted by atomic mass is 9.82. The Kier molecular flexibility index (Phi) is 1.62. The Labute approximate surface area is 94.8 Å². The van der Waals surface area contributed by atoms with E-state index in [1.165, 1.54) is 0 Å². The topological polar surface area (TPSA) is 35.5 Å². The molecule has 4 aliphatic rings. The summed E-state index contributed by atoms with van der Waals surface area (Å²) in [6, 6.07) is 0. The Morgan fingerprint density at radius 3 is 3.25 bits per heavy atom. The monoisotopic (exact) mass is 220 g/mol. The number of allylic oxidation sites excluding steroid dienone is 1. The molecule has 0 aromatic rings. The van der Waals surface area contributed by atoms with Crippen LogP contribution >= 0.6 is 0 Å². The molecule has 0 amide bonds. The summed E-state index contributed by atoms with van der Waals surface area (Å²) in [5.74, 6) is 1.87. The predicted octanol–water partition coefficient (Wildman–Crippen LogP) is 1.39. The van der Waals surface area contributed by atoms with Gasteiger partial charge in [-0.25, -0.2) is 0 Å². The van der Waals surface area contributed by atoms with Crippen molar-refractivity contribution in [3.8, 4) is 0 Å². The number of hydrogen-bond donors (Lipinski definition) is 0. The molecule has 4 bridgehead atoms. The first-order valence-electron chi connectivity index (χ1n) is 6.16. The lowest BCUT2D eigenvalue weighted by Gasteiger charge is -2.39. The van der Waals surface area contributed by atoms with Crippen LogP contribution in [0.3, 0.4) is 0 Å². The minimum Gasteiger partial charge on any atom is -0.352 e. The Morgan fingerprint density at radius 1 is 1.56 bits per heavy atom. The molecule has 0 spiro atoms. The van der Waals surface area contributed by atoms with Crippen molar-refractivity contribution in [2.24, 2.45) is 29.6 Å². The van der Waals surface area contributed by atoms with Crippen molar-refractivity contribution in [1.82, 2.24) is 0 Å². The zero-order chi connectivity index (χ0) is 10.9. The van der Waals surface area contributed by atoms with Crippen molar-refractivity contribution in [2.75, 3.05) is 13.7 Å². The van der Waals surface area contributed by atoms with Crippen molar-refractivity contribution >= 4 is 5.78 Å². The molecular formula is C13H16O3. The van der Waals surface area contributed by atoms with Gasteiger partial charge in [0, 0.05) is 31.3 Å². The molecule has 1 aliphatic heterocycles. The summed E-state index contributed by atoms with van der Waals surface area (Å²) in [7, 11) is 1.73. The number of carbonyl (C=O) groups excluding carboxylic acids is 1. The molecule has 0 aromatic heterocycles. The highest BCUT2D eigenvalue weighted by Crippen LogP contribution is 2.64. The van der Waals surface area contributed by atoms with Gasteiger partial charge >= 0.3 is 0 Å². The maximum Gasteiger partial charge on any atom is 0.177 e. The second-order valence-corrected chi connectivity index (χ2v) is 5.55. The number of methoxy groups -OCH3 is 1. The van der Waals surface area contributed by atoms with Crippen LogP contribution in [0.15, 0.2) is 12.2 Å². The van der Waals surface area contributed by atoms with Gasteiger partial charge in [0.25, 0.3) is 0 Å². The molecule has 6 atom stereocenters. The molecule has 0 aromatic carbocycles.